The number of ether oxygens (including phenoxy) is 1. The van der Waals surface area contributed by atoms with Crippen LogP contribution in [0.2, 0.25) is 0 Å². The van der Waals surface area contributed by atoms with Gasteiger partial charge in [-0.2, -0.15) is 5.26 Å². The fourth-order valence-corrected chi connectivity index (χ4v) is 4.11. The Morgan fingerprint density at radius 1 is 1.09 bits per heavy atom. The summed E-state index contributed by atoms with van der Waals surface area (Å²) in [5.74, 6) is -0.732. The Morgan fingerprint density at radius 3 is 2.53 bits per heavy atom. The van der Waals surface area contributed by atoms with Gasteiger partial charge < -0.3 is 10.1 Å². The fraction of sp³-hybridized carbons (Fsp3) is 0.320. The number of pyridine rings is 1. The third-order valence-electron chi connectivity index (χ3n) is 5.99. The molecule has 1 saturated carbocycles. The summed E-state index contributed by atoms with van der Waals surface area (Å²) in [6.45, 7) is 0.268. The minimum Gasteiger partial charge on any atom is -0.486 e. The van der Waals surface area contributed by atoms with E-state index in [2.05, 4.69) is 16.4 Å². The van der Waals surface area contributed by atoms with Crippen molar-refractivity contribution < 1.29 is 18.3 Å². The molecule has 1 aromatic heterocycles. The van der Waals surface area contributed by atoms with Crippen LogP contribution in [-0.4, -0.2) is 17.4 Å². The molecule has 1 aliphatic rings. The zero-order chi connectivity index (χ0) is 22.5. The van der Waals surface area contributed by atoms with Crippen molar-refractivity contribution in [3.8, 4) is 11.8 Å². The summed E-state index contributed by atoms with van der Waals surface area (Å²) in [4.78, 5) is 17.2. The lowest BCUT2D eigenvalue weighted by Gasteiger charge is -2.24. The highest BCUT2D eigenvalue weighted by molar-refractivity contribution is 6.07. The van der Waals surface area contributed by atoms with Crippen LogP contribution >= 0.6 is 0 Å². The fourth-order valence-electron chi connectivity index (χ4n) is 4.11. The van der Waals surface area contributed by atoms with Crippen molar-refractivity contribution in [1.82, 2.24) is 10.3 Å². The molecule has 7 heteroatoms. The van der Waals surface area contributed by atoms with Gasteiger partial charge in [0.1, 0.15) is 29.5 Å². The third kappa shape index (κ3) is 4.70. The van der Waals surface area contributed by atoms with Crippen LogP contribution < -0.4 is 10.1 Å². The lowest BCUT2D eigenvalue weighted by atomic mass is 9.83. The number of carbonyl (C=O) groups excluding carboxylic acids is 1. The molecule has 1 N–H and O–H groups in total. The topological polar surface area (TPSA) is 75.0 Å². The lowest BCUT2D eigenvalue weighted by molar-refractivity contribution is 0.0944. The largest absolute Gasteiger partial charge is 0.486 e. The maximum Gasteiger partial charge on any atom is 0.252 e. The molecule has 2 aromatic carbocycles. The van der Waals surface area contributed by atoms with Gasteiger partial charge in [0, 0.05) is 24.0 Å². The first-order valence-electron chi connectivity index (χ1n) is 10.7. The Kier molecular flexibility index (Phi) is 6.60. The highest BCUT2D eigenvalue weighted by Gasteiger charge is 2.22. The molecule has 4 rings (SSSR count). The normalized spacial score (nSPS) is 18.2. The first-order chi connectivity index (χ1) is 15.6. The standard InChI is InChI=1S/C25H23F2N3O2/c26-21-4-2-5-22(27)20(21)15-32-23-6-1-3-18-19(11-12-29-24(18)23)25(31)30-14-17-9-7-16(13-28)8-10-17/h1-6,11-12,16-17H,7-10,14-15H2,(H,30,31). The van der Waals surface area contributed by atoms with Gasteiger partial charge in [0.25, 0.3) is 5.91 Å². The van der Waals surface area contributed by atoms with Gasteiger partial charge >= 0.3 is 0 Å². The summed E-state index contributed by atoms with van der Waals surface area (Å²) < 4.78 is 33.5. The number of nitriles is 1. The van der Waals surface area contributed by atoms with Crippen molar-refractivity contribution in [2.75, 3.05) is 6.54 Å². The predicted octanol–water partition coefficient (Wildman–Crippen LogP) is 5.15. The van der Waals surface area contributed by atoms with E-state index in [-0.39, 0.29) is 24.0 Å². The lowest BCUT2D eigenvalue weighted by Crippen LogP contribution is -2.31. The van der Waals surface area contributed by atoms with Gasteiger partial charge in [0.2, 0.25) is 0 Å². The molecule has 0 radical (unpaired) electrons. The van der Waals surface area contributed by atoms with Gasteiger partial charge in [-0.25, -0.2) is 8.78 Å². The van der Waals surface area contributed by atoms with Gasteiger partial charge in [-0.15, -0.1) is 0 Å². The number of nitrogens with zero attached hydrogens (tertiary/aromatic N) is 2. The molecule has 1 fully saturated rings. The van der Waals surface area contributed by atoms with Crippen LogP contribution in [0.4, 0.5) is 8.78 Å². The van der Waals surface area contributed by atoms with Crippen LogP contribution in [0, 0.1) is 34.8 Å². The van der Waals surface area contributed by atoms with E-state index < -0.39 is 11.6 Å². The second kappa shape index (κ2) is 9.73. The quantitative estimate of drug-likeness (QED) is 0.581. The Bertz CT molecular complexity index is 1150. The molecule has 32 heavy (non-hydrogen) atoms. The van der Waals surface area contributed by atoms with Crippen LogP contribution in [0.25, 0.3) is 10.9 Å². The van der Waals surface area contributed by atoms with Crippen LogP contribution in [0.1, 0.15) is 41.6 Å². The number of amides is 1. The molecule has 5 nitrogen and oxygen atoms in total. The van der Waals surface area contributed by atoms with Crippen LogP contribution in [0.5, 0.6) is 5.75 Å². The summed E-state index contributed by atoms with van der Waals surface area (Å²) >= 11 is 0. The second-order valence-electron chi connectivity index (χ2n) is 8.06. The third-order valence-corrected chi connectivity index (χ3v) is 5.99. The molecule has 0 bridgehead atoms. The molecule has 1 heterocycles. The Hall–Kier alpha value is -3.53. The Labute approximate surface area is 185 Å². The van der Waals surface area contributed by atoms with E-state index in [0.29, 0.717) is 34.7 Å². The van der Waals surface area contributed by atoms with Gasteiger partial charge in [0.05, 0.1) is 17.2 Å². The number of benzene rings is 2. The van der Waals surface area contributed by atoms with E-state index in [9.17, 15) is 13.6 Å². The molecule has 1 amide bonds. The molecule has 164 valence electrons. The van der Waals surface area contributed by atoms with E-state index in [1.165, 1.54) is 24.4 Å². The predicted molar refractivity (Wildman–Crippen MR) is 116 cm³/mol. The molecule has 0 atom stereocenters. The Balaban J connectivity index is 1.48. The van der Waals surface area contributed by atoms with Crippen LogP contribution in [-0.2, 0) is 6.61 Å². The summed E-state index contributed by atoms with van der Waals surface area (Å²) in [6, 6.07) is 12.8. The summed E-state index contributed by atoms with van der Waals surface area (Å²) in [6.07, 6.45) is 5.13. The molecule has 3 aromatic rings. The monoisotopic (exact) mass is 435 g/mol. The van der Waals surface area contributed by atoms with E-state index in [1.54, 1.807) is 24.3 Å². The molecule has 0 saturated heterocycles. The molecule has 0 aliphatic heterocycles. The molecular weight excluding hydrogens is 412 g/mol. The van der Waals surface area contributed by atoms with Crippen molar-refractivity contribution in [3.63, 3.8) is 0 Å². The maximum absolute atomic E-state index is 13.9. The van der Waals surface area contributed by atoms with Crippen LogP contribution in [0.3, 0.4) is 0 Å². The van der Waals surface area contributed by atoms with Crippen molar-refractivity contribution in [3.05, 3.63) is 71.4 Å². The van der Waals surface area contributed by atoms with Gasteiger partial charge in [-0.1, -0.05) is 18.2 Å². The highest BCUT2D eigenvalue weighted by Crippen LogP contribution is 2.29. The van der Waals surface area contributed by atoms with Crippen LogP contribution in [0.15, 0.2) is 48.7 Å². The van der Waals surface area contributed by atoms with Crippen molar-refractivity contribution in [2.24, 2.45) is 11.8 Å². The highest BCUT2D eigenvalue weighted by atomic mass is 19.1. The Morgan fingerprint density at radius 2 is 1.81 bits per heavy atom. The summed E-state index contributed by atoms with van der Waals surface area (Å²) in [5, 5.41) is 12.6. The van der Waals surface area contributed by atoms with E-state index in [0.717, 1.165) is 25.7 Å². The maximum atomic E-state index is 13.9. The number of nitrogens with one attached hydrogen (secondary N) is 1. The number of fused-ring (bicyclic) bond motifs is 1. The molecule has 1 aliphatic carbocycles. The smallest absolute Gasteiger partial charge is 0.252 e. The van der Waals surface area contributed by atoms with Gasteiger partial charge in [-0.3, -0.25) is 9.78 Å². The second-order valence-corrected chi connectivity index (χ2v) is 8.06. The number of aromatic nitrogens is 1. The van der Waals surface area contributed by atoms with E-state index in [1.807, 2.05) is 0 Å². The summed E-state index contributed by atoms with van der Waals surface area (Å²) in [5.41, 5.74) is 0.749. The number of para-hydroxylation sites is 1. The number of hydrogen-bond acceptors (Lipinski definition) is 4. The first-order valence-corrected chi connectivity index (χ1v) is 10.7. The number of hydrogen-bond donors (Lipinski definition) is 1. The van der Waals surface area contributed by atoms with E-state index in [4.69, 9.17) is 10.00 Å². The minimum atomic E-state index is -0.679. The zero-order valence-corrected chi connectivity index (χ0v) is 17.5. The molecular formula is C25H23F2N3O2. The number of rotatable bonds is 6. The summed E-state index contributed by atoms with van der Waals surface area (Å²) in [7, 11) is 0. The molecule has 0 unspecified atom stereocenters. The first kappa shape index (κ1) is 21.7. The van der Waals surface area contributed by atoms with E-state index >= 15 is 0 Å². The van der Waals surface area contributed by atoms with Gasteiger partial charge in [0.15, 0.2) is 0 Å². The average molecular weight is 435 g/mol. The molecule has 0 spiro atoms. The minimum absolute atomic E-state index is 0.127. The number of halogens is 2. The zero-order valence-electron chi connectivity index (χ0n) is 17.5. The number of carbonyl (C=O) groups is 1. The van der Waals surface area contributed by atoms with Crippen molar-refractivity contribution in [1.29, 1.82) is 5.26 Å². The van der Waals surface area contributed by atoms with Crippen molar-refractivity contribution in [2.45, 2.75) is 32.3 Å². The SMILES string of the molecule is N#CC1CCC(CNC(=O)c2ccnc3c(OCc4c(F)cccc4F)cccc23)CC1. The van der Waals surface area contributed by atoms with Crippen molar-refractivity contribution >= 4 is 16.8 Å². The van der Waals surface area contributed by atoms with Gasteiger partial charge in [-0.05, 0) is 55.9 Å². The average Bonchev–Trinajstić information content (AvgIpc) is 2.82.